The Bertz CT molecular complexity index is 881. The first-order valence-corrected chi connectivity index (χ1v) is 9.90. The summed E-state index contributed by atoms with van der Waals surface area (Å²) in [6.07, 6.45) is 4.46. The minimum atomic E-state index is 0.262. The molecule has 0 saturated carbocycles. The van der Waals surface area contributed by atoms with Crippen LogP contribution >= 0.6 is 0 Å². The molecule has 2 heterocycles. The highest BCUT2D eigenvalue weighted by atomic mass is 16.5. The second-order valence-corrected chi connectivity index (χ2v) is 7.25. The fraction of sp³-hybridized carbons (Fsp3) is 0.333. The highest BCUT2D eigenvalue weighted by Crippen LogP contribution is 2.34. The molecule has 3 aromatic rings. The highest BCUT2D eigenvalue weighted by Gasteiger charge is 2.27. The molecule has 140 valence electrons. The summed E-state index contributed by atoms with van der Waals surface area (Å²) in [5.41, 5.74) is 5.60. The van der Waals surface area contributed by atoms with Gasteiger partial charge < -0.3 is 9.30 Å². The third-order valence-corrected chi connectivity index (χ3v) is 5.66. The van der Waals surface area contributed by atoms with E-state index in [1.165, 1.54) is 28.8 Å². The lowest BCUT2D eigenvalue weighted by Crippen LogP contribution is -2.29. The number of hydrogen-bond acceptors (Lipinski definition) is 2. The summed E-state index contributed by atoms with van der Waals surface area (Å²) in [5, 5.41) is 0. The topological polar surface area (TPSA) is 17.4 Å². The number of aromatic nitrogens is 1. The predicted molar refractivity (Wildman–Crippen MR) is 110 cm³/mol. The lowest BCUT2D eigenvalue weighted by molar-refractivity contribution is 0.219. The van der Waals surface area contributed by atoms with Crippen molar-refractivity contribution in [1.82, 2.24) is 9.47 Å². The average Bonchev–Trinajstić information content (AvgIpc) is 3.10. The third kappa shape index (κ3) is 3.65. The number of aryl methyl sites for hydroxylation is 2. The first-order valence-electron chi connectivity index (χ1n) is 9.90. The normalized spacial score (nSPS) is 17.3. The van der Waals surface area contributed by atoms with E-state index in [9.17, 15) is 0 Å². The van der Waals surface area contributed by atoms with Crippen LogP contribution in [-0.2, 0) is 19.5 Å². The van der Waals surface area contributed by atoms with Gasteiger partial charge in [-0.2, -0.15) is 0 Å². The van der Waals surface area contributed by atoms with Gasteiger partial charge in [-0.3, -0.25) is 4.90 Å². The van der Waals surface area contributed by atoms with Crippen LogP contribution in [0.25, 0.3) is 0 Å². The van der Waals surface area contributed by atoms with Gasteiger partial charge in [0, 0.05) is 31.5 Å². The lowest BCUT2D eigenvalue weighted by atomic mass is 9.99. The van der Waals surface area contributed by atoms with Gasteiger partial charge in [0.1, 0.15) is 5.75 Å². The number of nitrogens with zero attached hydrogens (tertiary/aromatic N) is 2. The zero-order valence-corrected chi connectivity index (χ0v) is 16.3. The van der Waals surface area contributed by atoms with Crippen molar-refractivity contribution in [3.63, 3.8) is 0 Å². The molecule has 27 heavy (non-hydrogen) atoms. The molecule has 0 spiro atoms. The average molecular weight is 361 g/mol. The maximum atomic E-state index is 5.37. The van der Waals surface area contributed by atoms with Crippen LogP contribution in [0.1, 0.15) is 41.8 Å². The van der Waals surface area contributed by atoms with Gasteiger partial charge >= 0.3 is 0 Å². The Hall–Kier alpha value is -2.52. The van der Waals surface area contributed by atoms with Gasteiger partial charge in [0.15, 0.2) is 0 Å². The number of benzene rings is 2. The summed E-state index contributed by atoms with van der Waals surface area (Å²) >= 11 is 0. The van der Waals surface area contributed by atoms with Crippen LogP contribution in [-0.4, -0.2) is 23.1 Å². The molecule has 1 aliphatic heterocycles. The minimum absolute atomic E-state index is 0.262. The molecule has 1 unspecified atom stereocenters. The van der Waals surface area contributed by atoms with Crippen LogP contribution in [0.3, 0.4) is 0 Å². The Morgan fingerprint density at radius 1 is 0.926 bits per heavy atom. The maximum absolute atomic E-state index is 5.37. The van der Waals surface area contributed by atoms with Crippen LogP contribution < -0.4 is 4.74 Å². The molecule has 0 fully saturated rings. The van der Waals surface area contributed by atoms with Crippen LogP contribution in [0.5, 0.6) is 5.75 Å². The van der Waals surface area contributed by atoms with Crippen LogP contribution in [0.2, 0.25) is 0 Å². The van der Waals surface area contributed by atoms with Gasteiger partial charge in [-0.1, -0.05) is 43.3 Å². The molecule has 4 rings (SSSR count). The van der Waals surface area contributed by atoms with Crippen molar-refractivity contribution in [2.75, 3.05) is 13.7 Å². The van der Waals surface area contributed by atoms with Crippen molar-refractivity contribution >= 4 is 0 Å². The predicted octanol–water partition coefficient (Wildman–Crippen LogP) is 5.05. The van der Waals surface area contributed by atoms with Crippen molar-refractivity contribution in [1.29, 1.82) is 0 Å². The SMILES string of the molecule is CCc1ccccc1CN1CCCn2cccc2C1c1ccc(OC)cc1. The number of hydrogen-bond donors (Lipinski definition) is 0. The van der Waals surface area contributed by atoms with E-state index in [0.717, 1.165) is 31.8 Å². The molecule has 3 nitrogen and oxygen atoms in total. The molecule has 3 heteroatoms. The van der Waals surface area contributed by atoms with Crippen molar-refractivity contribution < 1.29 is 4.74 Å². The molecular formula is C24H28N2O. The molecule has 0 amide bonds. The minimum Gasteiger partial charge on any atom is -0.497 e. The Kier molecular flexibility index (Phi) is 5.30. The fourth-order valence-electron chi connectivity index (χ4n) is 4.25. The molecular weight excluding hydrogens is 332 g/mol. The van der Waals surface area contributed by atoms with E-state index >= 15 is 0 Å². The molecule has 0 aliphatic carbocycles. The van der Waals surface area contributed by atoms with Crippen molar-refractivity contribution in [3.8, 4) is 5.75 Å². The zero-order chi connectivity index (χ0) is 18.6. The van der Waals surface area contributed by atoms with Crippen LogP contribution in [0.4, 0.5) is 0 Å². The second kappa shape index (κ2) is 8.01. The monoisotopic (exact) mass is 360 g/mol. The van der Waals surface area contributed by atoms with Gasteiger partial charge in [-0.15, -0.1) is 0 Å². The third-order valence-electron chi connectivity index (χ3n) is 5.66. The fourth-order valence-corrected chi connectivity index (χ4v) is 4.25. The molecule has 1 aromatic heterocycles. The van der Waals surface area contributed by atoms with E-state index in [4.69, 9.17) is 4.74 Å². The molecule has 1 atom stereocenters. The first-order chi connectivity index (χ1) is 13.3. The van der Waals surface area contributed by atoms with Crippen LogP contribution in [0.15, 0.2) is 66.9 Å². The Labute approximate surface area is 162 Å². The number of rotatable bonds is 5. The van der Waals surface area contributed by atoms with Gasteiger partial charge in [0.25, 0.3) is 0 Å². The standard InChI is InChI=1S/C24H28N2O/c1-3-19-8-4-5-9-21(19)18-26-17-7-16-25-15-6-10-23(25)24(26)20-11-13-22(27-2)14-12-20/h4-6,8-15,24H,3,7,16-18H2,1-2H3. The zero-order valence-electron chi connectivity index (χ0n) is 16.3. The summed E-state index contributed by atoms with van der Waals surface area (Å²) < 4.78 is 7.79. The maximum Gasteiger partial charge on any atom is 0.118 e. The number of fused-ring (bicyclic) bond motifs is 1. The largest absolute Gasteiger partial charge is 0.497 e. The summed E-state index contributed by atoms with van der Waals surface area (Å²) in [6, 6.07) is 22.2. The Morgan fingerprint density at radius 3 is 2.44 bits per heavy atom. The number of methoxy groups -OCH3 is 1. The van der Waals surface area contributed by atoms with Crippen molar-refractivity contribution in [2.45, 2.75) is 38.9 Å². The Morgan fingerprint density at radius 2 is 1.70 bits per heavy atom. The second-order valence-electron chi connectivity index (χ2n) is 7.25. The molecule has 1 aliphatic rings. The Balaban J connectivity index is 1.73. The lowest BCUT2D eigenvalue weighted by Gasteiger charge is -2.31. The van der Waals surface area contributed by atoms with E-state index in [-0.39, 0.29) is 6.04 Å². The van der Waals surface area contributed by atoms with Gasteiger partial charge in [-0.05, 0) is 53.8 Å². The molecule has 0 radical (unpaired) electrons. The van der Waals surface area contributed by atoms with E-state index in [2.05, 4.69) is 83.3 Å². The van der Waals surface area contributed by atoms with Gasteiger partial charge in [-0.25, -0.2) is 0 Å². The van der Waals surface area contributed by atoms with E-state index in [1.54, 1.807) is 7.11 Å². The summed E-state index contributed by atoms with van der Waals surface area (Å²) in [4.78, 5) is 2.63. The number of ether oxygens (including phenoxy) is 1. The van der Waals surface area contributed by atoms with E-state index in [1.807, 2.05) is 0 Å². The quantitative estimate of drug-likeness (QED) is 0.633. The van der Waals surface area contributed by atoms with Crippen molar-refractivity contribution in [3.05, 3.63) is 89.2 Å². The highest BCUT2D eigenvalue weighted by molar-refractivity contribution is 5.35. The van der Waals surface area contributed by atoms with E-state index < -0.39 is 0 Å². The van der Waals surface area contributed by atoms with E-state index in [0.29, 0.717) is 0 Å². The molecule has 0 N–H and O–H groups in total. The molecule has 0 saturated heterocycles. The summed E-state index contributed by atoms with van der Waals surface area (Å²) in [5.74, 6) is 0.908. The first kappa shape index (κ1) is 17.9. The van der Waals surface area contributed by atoms with Gasteiger partial charge in [0.2, 0.25) is 0 Å². The summed E-state index contributed by atoms with van der Waals surface area (Å²) in [7, 11) is 1.72. The van der Waals surface area contributed by atoms with Crippen molar-refractivity contribution in [2.24, 2.45) is 0 Å². The van der Waals surface area contributed by atoms with Crippen LogP contribution in [0, 0.1) is 0 Å². The van der Waals surface area contributed by atoms with Gasteiger partial charge in [0.05, 0.1) is 13.2 Å². The molecule has 2 aromatic carbocycles. The summed E-state index contributed by atoms with van der Waals surface area (Å²) in [6.45, 7) is 5.40. The smallest absolute Gasteiger partial charge is 0.118 e. The molecule has 0 bridgehead atoms.